The number of benzene rings is 1. The van der Waals surface area contributed by atoms with Crippen LogP contribution >= 0.6 is 0 Å². The molecule has 0 aliphatic carbocycles. The van der Waals surface area contributed by atoms with E-state index in [-0.39, 0.29) is 30.5 Å². The summed E-state index contributed by atoms with van der Waals surface area (Å²) < 4.78 is 7.08. The topological polar surface area (TPSA) is 64.4 Å². The molecule has 2 aliphatic heterocycles. The summed E-state index contributed by atoms with van der Waals surface area (Å²) in [7, 11) is 0. The van der Waals surface area contributed by atoms with Crippen LogP contribution in [0.1, 0.15) is 39.5 Å². The highest BCUT2D eigenvalue weighted by molar-refractivity contribution is 5.84. The van der Waals surface area contributed by atoms with E-state index in [1.54, 1.807) is 4.68 Å². The van der Waals surface area contributed by atoms with Crippen LogP contribution in [-0.4, -0.2) is 45.2 Å². The standard InChI is InChI=1S/C20H25N3O3/c1-3-20(19(25)26-4-2)11-15-9-10-17(20)23(15)18(24)13-22-12-14-7-5-6-8-16(14)21-22/h5-8,12,15,17H,3-4,9-11,13H2,1-2H3/t15-,17+,20+/m1/s1. The second-order valence-electron chi connectivity index (χ2n) is 7.37. The van der Waals surface area contributed by atoms with Gasteiger partial charge in [-0.2, -0.15) is 5.10 Å². The number of ether oxygens (including phenoxy) is 1. The number of hydrogen-bond acceptors (Lipinski definition) is 4. The normalized spacial score (nSPS) is 27.2. The van der Waals surface area contributed by atoms with E-state index < -0.39 is 5.41 Å². The molecule has 0 N–H and O–H groups in total. The number of rotatable bonds is 5. The first-order valence-electron chi connectivity index (χ1n) is 9.49. The molecule has 3 heterocycles. The Bertz CT molecular complexity index is 813. The quantitative estimate of drug-likeness (QED) is 0.774. The number of carbonyl (C=O) groups is 2. The minimum absolute atomic E-state index is 0.0462. The molecule has 0 saturated carbocycles. The summed E-state index contributed by atoms with van der Waals surface area (Å²) >= 11 is 0. The van der Waals surface area contributed by atoms with E-state index in [1.165, 1.54) is 0 Å². The van der Waals surface area contributed by atoms with Crippen molar-refractivity contribution in [3.63, 3.8) is 0 Å². The van der Waals surface area contributed by atoms with Crippen LogP contribution in [0.15, 0.2) is 30.5 Å². The van der Waals surface area contributed by atoms with E-state index in [2.05, 4.69) is 5.10 Å². The Labute approximate surface area is 153 Å². The largest absolute Gasteiger partial charge is 0.466 e. The van der Waals surface area contributed by atoms with Crippen molar-refractivity contribution in [3.05, 3.63) is 30.5 Å². The number of nitrogens with zero attached hydrogens (tertiary/aromatic N) is 3. The maximum atomic E-state index is 13.0. The monoisotopic (exact) mass is 355 g/mol. The smallest absolute Gasteiger partial charge is 0.314 e. The van der Waals surface area contributed by atoms with Crippen LogP contribution in [0.4, 0.5) is 0 Å². The lowest BCUT2D eigenvalue weighted by Gasteiger charge is -2.34. The molecule has 4 rings (SSSR count). The number of aromatic nitrogens is 2. The van der Waals surface area contributed by atoms with Crippen LogP contribution in [0.25, 0.3) is 10.9 Å². The molecule has 1 amide bonds. The van der Waals surface area contributed by atoms with E-state index in [4.69, 9.17) is 4.74 Å². The SMILES string of the molecule is CCOC(=O)[C@@]1(CC)C[C@H]2CC[C@@H]1N2C(=O)Cn1cc2ccccc2n1. The molecule has 3 atom stereocenters. The molecule has 2 fully saturated rings. The summed E-state index contributed by atoms with van der Waals surface area (Å²) in [4.78, 5) is 27.7. The molecule has 6 heteroatoms. The van der Waals surface area contributed by atoms with Gasteiger partial charge in [0.05, 0.1) is 17.5 Å². The van der Waals surface area contributed by atoms with E-state index in [0.717, 1.165) is 30.2 Å². The van der Waals surface area contributed by atoms with Crippen molar-refractivity contribution >= 4 is 22.8 Å². The first-order valence-corrected chi connectivity index (χ1v) is 9.49. The van der Waals surface area contributed by atoms with Gasteiger partial charge in [0.2, 0.25) is 5.91 Å². The minimum atomic E-state index is -0.538. The Kier molecular flexibility index (Phi) is 4.21. The van der Waals surface area contributed by atoms with Gasteiger partial charge in [-0.15, -0.1) is 0 Å². The lowest BCUT2D eigenvalue weighted by molar-refractivity contribution is -0.158. The fraction of sp³-hybridized carbons (Fsp3) is 0.550. The van der Waals surface area contributed by atoms with Crippen molar-refractivity contribution in [3.8, 4) is 0 Å². The Balaban J connectivity index is 1.55. The summed E-state index contributed by atoms with van der Waals surface area (Å²) in [5, 5.41) is 5.52. The van der Waals surface area contributed by atoms with Gasteiger partial charge in [-0.1, -0.05) is 25.1 Å². The van der Waals surface area contributed by atoms with Gasteiger partial charge >= 0.3 is 5.97 Å². The van der Waals surface area contributed by atoms with Gasteiger partial charge in [0.1, 0.15) is 6.54 Å². The zero-order valence-electron chi connectivity index (χ0n) is 15.4. The Hall–Kier alpha value is -2.37. The molecular formula is C20H25N3O3. The number of hydrogen-bond donors (Lipinski definition) is 0. The average Bonchev–Trinajstić information content (AvgIpc) is 3.32. The van der Waals surface area contributed by atoms with Gasteiger partial charge in [0.25, 0.3) is 0 Å². The van der Waals surface area contributed by atoms with Crippen LogP contribution < -0.4 is 0 Å². The first kappa shape index (κ1) is 17.1. The molecule has 26 heavy (non-hydrogen) atoms. The summed E-state index contributed by atoms with van der Waals surface area (Å²) in [6.45, 7) is 4.45. The molecule has 2 aromatic rings. The third-order valence-electron chi connectivity index (χ3n) is 6.10. The molecule has 1 aromatic heterocycles. The van der Waals surface area contributed by atoms with Crippen molar-refractivity contribution in [2.24, 2.45) is 5.41 Å². The highest BCUT2D eigenvalue weighted by atomic mass is 16.5. The fourth-order valence-corrected chi connectivity index (χ4v) is 4.90. The van der Waals surface area contributed by atoms with Gasteiger partial charge in [0.15, 0.2) is 0 Å². The molecule has 1 aromatic carbocycles. The van der Waals surface area contributed by atoms with Crippen LogP contribution in [0.2, 0.25) is 0 Å². The summed E-state index contributed by atoms with van der Waals surface area (Å²) in [6.07, 6.45) is 5.19. The highest BCUT2D eigenvalue weighted by Crippen LogP contribution is 2.52. The Morgan fingerprint density at radius 2 is 2.08 bits per heavy atom. The maximum Gasteiger partial charge on any atom is 0.314 e. The maximum absolute atomic E-state index is 13.0. The van der Waals surface area contributed by atoms with Crippen molar-refractivity contribution in [1.29, 1.82) is 0 Å². The fourth-order valence-electron chi connectivity index (χ4n) is 4.90. The van der Waals surface area contributed by atoms with Crippen molar-refractivity contribution in [2.75, 3.05) is 6.61 Å². The zero-order chi connectivity index (χ0) is 18.3. The lowest BCUT2D eigenvalue weighted by Crippen LogP contribution is -2.46. The Morgan fingerprint density at radius 1 is 1.27 bits per heavy atom. The average molecular weight is 355 g/mol. The van der Waals surface area contributed by atoms with E-state index in [1.807, 2.05) is 49.2 Å². The van der Waals surface area contributed by atoms with Gasteiger partial charge in [-0.3, -0.25) is 14.3 Å². The molecule has 2 aliphatic rings. The highest BCUT2D eigenvalue weighted by Gasteiger charge is 2.60. The second-order valence-corrected chi connectivity index (χ2v) is 7.37. The number of carbonyl (C=O) groups excluding carboxylic acids is 2. The summed E-state index contributed by atoms with van der Waals surface area (Å²) in [5.41, 5.74) is 0.350. The first-order chi connectivity index (χ1) is 12.6. The molecule has 6 nitrogen and oxygen atoms in total. The third-order valence-corrected chi connectivity index (χ3v) is 6.10. The van der Waals surface area contributed by atoms with Gasteiger partial charge in [-0.05, 0) is 38.7 Å². The summed E-state index contributed by atoms with van der Waals surface area (Å²) in [6, 6.07) is 7.93. The predicted molar refractivity (Wildman–Crippen MR) is 97.4 cm³/mol. The molecule has 2 bridgehead atoms. The lowest BCUT2D eigenvalue weighted by atomic mass is 9.72. The van der Waals surface area contributed by atoms with Crippen LogP contribution in [0, 0.1) is 5.41 Å². The van der Waals surface area contributed by atoms with Crippen LogP contribution in [0.3, 0.4) is 0 Å². The minimum Gasteiger partial charge on any atom is -0.466 e. The molecule has 0 spiro atoms. The van der Waals surface area contributed by atoms with Gasteiger partial charge in [-0.25, -0.2) is 0 Å². The number of esters is 1. The van der Waals surface area contributed by atoms with Crippen LogP contribution in [-0.2, 0) is 20.9 Å². The van der Waals surface area contributed by atoms with Crippen molar-refractivity contribution < 1.29 is 14.3 Å². The third kappa shape index (κ3) is 2.50. The second kappa shape index (κ2) is 6.41. The molecule has 2 saturated heterocycles. The molecule has 0 unspecified atom stereocenters. The van der Waals surface area contributed by atoms with Gasteiger partial charge < -0.3 is 9.64 Å². The number of amides is 1. The van der Waals surface area contributed by atoms with Gasteiger partial charge in [0, 0.05) is 23.7 Å². The van der Waals surface area contributed by atoms with E-state index >= 15 is 0 Å². The van der Waals surface area contributed by atoms with Crippen molar-refractivity contribution in [2.45, 2.75) is 58.2 Å². The van der Waals surface area contributed by atoms with Crippen LogP contribution in [0.5, 0.6) is 0 Å². The zero-order valence-corrected chi connectivity index (χ0v) is 15.4. The molecule has 138 valence electrons. The molecular weight excluding hydrogens is 330 g/mol. The summed E-state index contributed by atoms with van der Waals surface area (Å²) in [5.74, 6) is -0.0951. The number of fused-ring (bicyclic) bond motifs is 3. The Morgan fingerprint density at radius 3 is 2.81 bits per heavy atom. The van der Waals surface area contributed by atoms with Crippen molar-refractivity contribution in [1.82, 2.24) is 14.7 Å². The molecule has 0 radical (unpaired) electrons. The van der Waals surface area contributed by atoms with E-state index in [9.17, 15) is 9.59 Å². The van der Waals surface area contributed by atoms with E-state index in [0.29, 0.717) is 13.0 Å². The predicted octanol–water partition coefficient (Wildman–Crippen LogP) is 2.76.